The Labute approximate surface area is 99.1 Å². The van der Waals surface area contributed by atoms with Crippen LogP contribution in [0.2, 0.25) is 0 Å². The molecule has 1 nitrogen and oxygen atoms in total. The molecule has 0 aliphatic carbocycles. The Hall–Kier alpha value is -0.640. The average Bonchev–Trinajstić information content (AvgIpc) is 2.19. The van der Waals surface area contributed by atoms with Crippen LogP contribution in [-0.4, -0.2) is 4.98 Å². The zero-order valence-electron chi connectivity index (χ0n) is 8.76. The van der Waals surface area contributed by atoms with Crippen LogP contribution in [0.3, 0.4) is 0 Å². The highest BCUT2D eigenvalue weighted by molar-refractivity contribution is 14.1. The molecule has 0 fully saturated rings. The van der Waals surface area contributed by atoms with Crippen molar-refractivity contribution in [2.75, 3.05) is 0 Å². The second-order valence-electron chi connectivity index (χ2n) is 3.16. The summed E-state index contributed by atoms with van der Waals surface area (Å²) in [5.41, 5.74) is 4.69. The molecule has 74 valence electrons. The molecule has 0 atom stereocenters. The lowest BCUT2D eigenvalue weighted by Gasteiger charge is -2.10. The SMILES string of the molecule is C=Cc1nc(I)c(C)c(C)c1/C=C\C. The molecular formula is C12H14IN. The molecule has 2 heteroatoms. The molecule has 0 N–H and O–H groups in total. The summed E-state index contributed by atoms with van der Waals surface area (Å²) in [4.78, 5) is 4.49. The Morgan fingerprint density at radius 2 is 1.93 bits per heavy atom. The molecular weight excluding hydrogens is 285 g/mol. The first kappa shape index (κ1) is 11.4. The van der Waals surface area contributed by atoms with Crippen molar-refractivity contribution >= 4 is 34.7 Å². The summed E-state index contributed by atoms with van der Waals surface area (Å²) in [5.74, 6) is 0. The van der Waals surface area contributed by atoms with E-state index >= 15 is 0 Å². The van der Waals surface area contributed by atoms with E-state index in [1.165, 1.54) is 16.7 Å². The molecule has 0 aromatic carbocycles. The lowest BCUT2D eigenvalue weighted by atomic mass is 10.0. The van der Waals surface area contributed by atoms with E-state index in [0.29, 0.717) is 0 Å². The van der Waals surface area contributed by atoms with E-state index in [1.807, 2.05) is 19.1 Å². The molecule has 1 aromatic heterocycles. The molecule has 14 heavy (non-hydrogen) atoms. The Bertz CT molecular complexity index is 392. The lowest BCUT2D eigenvalue weighted by molar-refractivity contribution is 1.14. The van der Waals surface area contributed by atoms with Gasteiger partial charge in [0.25, 0.3) is 0 Å². The van der Waals surface area contributed by atoms with E-state index in [9.17, 15) is 0 Å². The summed E-state index contributed by atoms with van der Waals surface area (Å²) in [6.45, 7) is 10.0. The molecule has 0 saturated carbocycles. The quantitative estimate of drug-likeness (QED) is 0.594. The van der Waals surface area contributed by atoms with Crippen LogP contribution in [0.1, 0.15) is 29.3 Å². The molecule has 0 radical (unpaired) electrons. The number of nitrogens with zero attached hydrogens (tertiary/aromatic N) is 1. The van der Waals surface area contributed by atoms with Crippen molar-refractivity contribution < 1.29 is 0 Å². The van der Waals surface area contributed by atoms with Gasteiger partial charge in [-0.1, -0.05) is 18.7 Å². The van der Waals surface area contributed by atoms with Crippen molar-refractivity contribution in [3.8, 4) is 0 Å². The number of pyridine rings is 1. The third-order valence-electron chi connectivity index (χ3n) is 2.30. The minimum atomic E-state index is 0.968. The molecule has 0 aliphatic rings. The fourth-order valence-electron chi connectivity index (χ4n) is 1.33. The zero-order valence-corrected chi connectivity index (χ0v) is 10.9. The number of hydrogen-bond acceptors (Lipinski definition) is 1. The first-order chi connectivity index (χ1) is 6.61. The van der Waals surface area contributed by atoms with E-state index in [0.717, 1.165) is 9.39 Å². The number of halogens is 1. The van der Waals surface area contributed by atoms with Crippen molar-refractivity contribution in [1.82, 2.24) is 4.98 Å². The maximum atomic E-state index is 4.49. The van der Waals surface area contributed by atoms with Crippen LogP contribution in [0.5, 0.6) is 0 Å². The van der Waals surface area contributed by atoms with Crippen LogP contribution >= 0.6 is 22.6 Å². The number of rotatable bonds is 2. The monoisotopic (exact) mass is 299 g/mol. The number of hydrogen-bond donors (Lipinski definition) is 0. The Morgan fingerprint density at radius 1 is 1.29 bits per heavy atom. The van der Waals surface area contributed by atoms with Gasteiger partial charge in [0.15, 0.2) is 0 Å². The van der Waals surface area contributed by atoms with E-state index in [-0.39, 0.29) is 0 Å². The molecule has 1 heterocycles. The van der Waals surface area contributed by atoms with Crippen LogP contribution in [0.15, 0.2) is 12.7 Å². The second-order valence-corrected chi connectivity index (χ2v) is 4.18. The Balaban J connectivity index is 3.52. The van der Waals surface area contributed by atoms with Crippen molar-refractivity contribution in [2.24, 2.45) is 0 Å². The molecule has 0 aliphatic heterocycles. The summed E-state index contributed by atoms with van der Waals surface area (Å²) in [5, 5.41) is 0. The van der Waals surface area contributed by atoms with E-state index in [1.54, 1.807) is 0 Å². The minimum absolute atomic E-state index is 0.968. The van der Waals surface area contributed by atoms with E-state index in [2.05, 4.69) is 54.1 Å². The van der Waals surface area contributed by atoms with Gasteiger partial charge >= 0.3 is 0 Å². The third kappa shape index (κ3) is 2.05. The van der Waals surface area contributed by atoms with Gasteiger partial charge in [0.1, 0.15) is 3.70 Å². The molecule has 1 aromatic rings. The largest absolute Gasteiger partial charge is 0.242 e. The molecule has 0 saturated heterocycles. The molecule has 0 spiro atoms. The van der Waals surface area contributed by atoms with Crippen LogP contribution in [0, 0.1) is 17.5 Å². The van der Waals surface area contributed by atoms with Crippen molar-refractivity contribution in [3.63, 3.8) is 0 Å². The fourth-order valence-corrected chi connectivity index (χ4v) is 2.00. The first-order valence-corrected chi connectivity index (χ1v) is 5.61. The van der Waals surface area contributed by atoms with Gasteiger partial charge in [0, 0.05) is 5.56 Å². The summed E-state index contributed by atoms with van der Waals surface area (Å²) in [6.07, 6.45) is 5.93. The fraction of sp³-hybridized carbons (Fsp3) is 0.250. The first-order valence-electron chi connectivity index (χ1n) is 4.53. The normalized spacial score (nSPS) is 10.9. The highest BCUT2D eigenvalue weighted by Crippen LogP contribution is 2.22. The van der Waals surface area contributed by atoms with Gasteiger partial charge in [-0.05, 0) is 60.6 Å². The lowest BCUT2D eigenvalue weighted by Crippen LogP contribution is -1.98. The maximum absolute atomic E-state index is 4.49. The van der Waals surface area contributed by atoms with Crippen LogP contribution < -0.4 is 0 Å². The summed E-state index contributed by atoms with van der Waals surface area (Å²) < 4.78 is 1.06. The van der Waals surface area contributed by atoms with Crippen molar-refractivity contribution in [1.29, 1.82) is 0 Å². The van der Waals surface area contributed by atoms with Gasteiger partial charge in [-0.15, -0.1) is 0 Å². The van der Waals surface area contributed by atoms with Gasteiger partial charge in [-0.2, -0.15) is 0 Å². The molecule has 0 unspecified atom stereocenters. The summed E-state index contributed by atoms with van der Waals surface area (Å²) in [7, 11) is 0. The van der Waals surface area contributed by atoms with E-state index in [4.69, 9.17) is 0 Å². The topological polar surface area (TPSA) is 12.9 Å². The Kier molecular flexibility index (Phi) is 3.86. The van der Waals surface area contributed by atoms with Gasteiger partial charge in [-0.25, -0.2) is 4.98 Å². The average molecular weight is 299 g/mol. The summed E-state index contributed by atoms with van der Waals surface area (Å²) >= 11 is 2.26. The van der Waals surface area contributed by atoms with Crippen LogP contribution in [-0.2, 0) is 0 Å². The third-order valence-corrected chi connectivity index (χ3v) is 3.35. The smallest absolute Gasteiger partial charge is 0.105 e. The Morgan fingerprint density at radius 3 is 2.43 bits per heavy atom. The van der Waals surface area contributed by atoms with Crippen molar-refractivity contribution in [2.45, 2.75) is 20.8 Å². The standard InChI is InChI=1S/C12H14IN/c1-5-7-10-8(3)9(4)12(13)14-11(10)6-2/h5-7H,2H2,1,3-4H3/b7-5-. The number of allylic oxidation sites excluding steroid dienone is 1. The predicted molar refractivity (Wildman–Crippen MR) is 71.2 cm³/mol. The second kappa shape index (κ2) is 4.73. The van der Waals surface area contributed by atoms with Gasteiger partial charge < -0.3 is 0 Å². The molecule has 0 bridgehead atoms. The van der Waals surface area contributed by atoms with E-state index < -0.39 is 0 Å². The van der Waals surface area contributed by atoms with Crippen LogP contribution in [0.25, 0.3) is 12.2 Å². The van der Waals surface area contributed by atoms with Gasteiger partial charge in [0.05, 0.1) is 5.69 Å². The molecule has 1 rings (SSSR count). The highest BCUT2D eigenvalue weighted by Gasteiger charge is 2.08. The minimum Gasteiger partial charge on any atom is -0.242 e. The van der Waals surface area contributed by atoms with Crippen LogP contribution in [0.4, 0.5) is 0 Å². The zero-order chi connectivity index (χ0) is 10.7. The van der Waals surface area contributed by atoms with Gasteiger partial charge in [0.2, 0.25) is 0 Å². The van der Waals surface area contributed by atoms with Crippen molar-refractivity contribution in [3.05, 3.63) is 38.7 Å². The summed E-state index contributed by atoms with van der Waals surface area (Å²) in [6, 6.07) is 0. The van der Waals surface area contributed by atoms with Gasteiger partial charge in [-0.3, -0.25) is 0 Å². The highest BCUT2D eigenvalue weighted by atomic mass is 127. The predicted octanol–water partition coefficient (Wildman–Crippen LogP) is 3.98. The maximum Gasteiger partial charge on any atom is 0.105 e. The number of aromatic nitrogens is 1. The molecule has 0 amide bonds.